The minimum Gasteiger partial charge on any atom is -0.479 e. The molecule has 0 radical (unpaired) electrons. The lowest BCUT2D eigenvalue weighted by atomic mass is 10.1. The van der Waals surface area contributed by atoms with Gasteiger partial charge in [-0.1, -0.05) is 18.2 Å². The minimum absolute atomic E-state index is 0.169. The van der Waals surface area contributed by atoms with Crippen LogP contribution in [0.15, 0.2) is 59.5 Å². The van der Waals surface area contributed by atoms with Crippen molar-refractivity contribution in [1.82, 2.24) is 4.57 Å². The molecule has 0 saturated heterocycles. The standard InChI is InChI=1S/C21H20FNO5S/c1-13-18(20(28-2)21(24)25)12-19(23(13)16-6-4-5-15(22)11-16)14-7-9-17(10-8-14)29(3,26)27/h4-12,20H,1-3H3,(H,24,25)/t20-/m0/s1. The number of hydrogen-bond donors (Lipinski definition) is 1. The minimum atomic E-state index is -3.36. The third-order valence-corrected chi connectivity index (χ3v) is 5.80. The van der Waals surface area contributed by atoms with E-state index in [9.17, 15) is 22.7 Å². The van der Waals surface area contributed by atoms with Crippen LogP contribution < -0.4 is 0 Å². The van der Waals surface area contributed by atoms with Gasteiger partial charge in [0.2, 0.25) is 0 Å². The Morgan fingerprint density at radius 1 is 1.14 bits per heavy atom. The summed E-state index contributed by atoms with van der Waals surface area (Å²) in [4.78, 5) is 11.8. The van der Waals surface area contributed by atoms with E-state index in [1.165, 1.54) is 31.4 Å². The van der Waals surface area contributed by atoms with Crippen LogP contribution in [0.5, 0.6) is 0 Å². The van der Waals surface area contributed by atoms with Crippen LogP contribution in [0.2, 0.25) is 0 Å². The van der Waals surface area contributed by atoms with Crippen LogP contribution in [0.25, 0.3) is 16.9 Å². The molecule has 0 bridgehead atoms. The molecule has 152 valence electrons. The van der Waals surface area contributed by atoms with Gasteiger partial charge in [-0.3, -0.25) is 0 Å². The smallest absolute Gasteiger partial charge is 0.337 e. The number of hydrogen-bond acceptors (Lipinski definition) is 4. The molecule has 0 aliphatic carbocycles. The fourth-order valence-electron chi connectivity index (χ4n) is 3.29. The van der Waals surface area contributed by atoms with E-state index in [1.807, 2.05) is 0 Å². The van der Waals surface area contributed by atoms with E-state index in [1.54, 1.807) is 41.8 Å². The SMILES string of the molecule is CO[C@H](C(=O)O)c1cc(-c2ccc(S(C)(=O)=O)cc2)n(-c2cccc(F)c2)c1C. The lowest BCUT2D eigenvalue weighted by Gasteiger charge is -2.14. The second-order valence-electron chi connectivity index (χ2n) is 6.64. The van der Waals surface area contributed by atoms with Crippen molar-refractivity contribution in [1.29, 1.82) is 0 Å². The second kappa shape index (κ2) is 7.81. The average molecular weight is 417 g/mol. The van der Waals surface area contributed by atoms with Gasteiger partial charge in [0.05, 0.1) is 10.6 Å². The van der Waals surface area contributed by atoms with E-state index in [-0.39, 0.29) is 4.90 Å². The van der Waals surface area contributed by atoms with Gasteiger partial charge in [-0.05, 0) is 48.9 Å². The van der Waals surface area contributed by atoms with Gasteiger partial charge in [-0.25, -0.2) is 17.6 Å². The third kappa shape index (κ3) is 4.08. The number of sulfone groups is 1. The highest BCUT2D eigenvalue weighted by atomic mass is 32.2. The van der Waals surface area contributed by atoms with Crippen LogP contribution in [0.4, 0.5) is 4.39 Å². The predicted octanol–water partition coefficient (Wildman–Crippen LogP) is 3.77. The maximum Gasteiger partial charge on any atom is 0.337 e. The first kappa shape index (κ1) is 20.8. The van der Waals surface area contributed by atoms with Crippen molar-refractivity contribution in [3.63, 3.8) is 0 Å². The van der Waals surface area contributed by atoms with Gasteiger partial charge in [0.15, 0.2) is 15.9 Å². The van der Waals surface area contributed by atoms with Gasteiger partial charge >= 0.3 is 5.97 Å². The van der Waals surface area contributed by atoms with E-state index in [2.05, 4.69) is 0 Å². The number of rotatable bonds is 6. The van der Waals surface area contributed by atoms with Crippen molar-refractivity contribution in [3.8, 4) is 16.9 Å². The third-order valence-electron chi connectivity index (χ3n) is 4.67. The Kier molecular flexibility index (Phi) is 5.59. The number of halogens is 1. The zero-order valence-corrected chi connectivity index (χ0v) is 16.9. The molecule has 0 saturated carbocycles. The molecule has 8 heteroatoms. The van der Waals surface area contributed by atoms with Crippen LogP contribution in [0, 0.1) is 12.7 Å². The van der Waals surface area contributed by atoms with Gasteiger partial charge in [0.1, 0.15) is 5.82 Å². The van der Waals surface area contributed by atoms with Crippen molar-refractivity contribution in [2.75, 3.05) is 13.4 Å². The molecule has 0 aliphatic heterocycles. The predicted molar refractivity (Wildman–Crippen MR) is 106 cm³/mol. The fraction of sp³-hybridized carbons (Fsp3) is 0.190. The zero-order chi connectivity index (χ0) is 21.3. The van der Waals surface area contributed by atoms with E-state index < -0.39 is 27.7 Å². The summed E-state index contributed by atoms with van der Waals surface area (Å²) in [5, 5.41) is 9.50. The van der Waals surface area contributed by atoms with Crippen molar-refractivity contribution < 1.29 is 27.4 Å². The summed E-state index contributed by atoms with van der Waals surface area (Å²) >= 11 is 0. The molecule has 6 nitrogen and oxygen atoms in total. The summed E-state index contributed by atoms with van der Waals surface area (Å²) in [7, 11) is -2.05. The Labute approximate surface area is 168 Å². The van der Waals surface area contributed by atoms with Crippen LogP contribution in [-0.4, -0.2) is 37.4 Å². The fourth-order valence-corrected chi connectivity index (χ4v) is 3.92. The number of carboxylic acid groups (broad SMARTS) is 1. The molecule has 1 N–H and O–H groups in total. The second-order valence-corrected chi connectivity index (χ2v) is 8.65. The van der Waals surface area contributed by atoms with E-state index in [4.69, 9.17) is 4.74 Å². The van der Waals surface area contributed by atoms with Crippen molar-refractivity contribution in [2.45, 2.75) is 17.9 Å². The molecule has 0 amide bonds. The molecule has 3 rings (SSSR count). The molecule has 0 unspecified atom stereocenters. The first-order valence-corrected chi connectivity index (χ1v) is 10.6. The largest absolute Gasteiger partial charge is 0.479 e. The van der Waals surface area contributed by atoms with Gasteiger partial charge in [0.25, 0.3) is 0 Å². The van der Waals surface area contributed by atoms with Gasteiger partial charge < -0.3 is 14.4 Å². The average Bonchev–Trinajstić information content (AvgIpc) is 2.98. The van der Waals surface area contributed by atoms with Crippen LogP contribution in [-0.2, 0) is 19.4 Å². The number of benzene rings is 2. The summed E-state index contributed by atoms with van der Waals surface area (Å²) in [6.45, 7) is 1.73. The molecule has 0 spiro atoms. The number of carboxylic acids is 1. The number of ether oxygens (including phenoxy) is 1. The summed E-state index contributed by atoms with van der Waals surface area (Å²) in [5.41, 5.74) is 2.75. The van der Waals surface area contributed by atoms with Crippen LogP contribution >= 0.6 is 0 Å². The molecule has 0 fully saturated rings. The molecule has 1 aromatic heterocycles. The summed E-state index contributed by atoms with van der Waals surface area (Å²) in [5.74, 6) is -1.58. The maximum absolute atomic E-state index is 13.9. The highest BCUT2D eigenvalue weighted by Crippen LogP contribution is 2.34. The van der Waals surface area contributed by atoms with Crippen molar-refractivity contribution >= 4 is 15.8 Å². The molecular weight excluding hydrogens is 397 g/mol. The Morgan fingerprint density at radius 2 is 1.79 bits per heavy atom. The highest BCUT2D eigenvalue weighted by molar-refractivity contribution is 7.90. The normalized spacial score (nSPS) is 12.7. The number of aromatic nitrogens is 1. The van der Waals surface area contributed by atoms with Crippen molar-refractivity contribution in [2.24, 2.45) is 0 Å². The Bertz CT molecular complexity index is 1170. The lowest BCUT2D eigenvalue weighted by Crippen LogP contribution is -2.14. The first-order chi connectivity index (χ1) is 13.6. The van der Waals surface area contributed by atoms with Gasteiger partial charge in [-0.15, -0.1) is 0 Å². The number of carbonyl (C=O) groups is 1. The van der Waals surface area contributed by atoms with E-state index in [0.29, 0.717) is 28.2 Å². The lowest BCUT2D eigenvalue weighted by molar-refractivity contribution is -0.148. The number of aliphatic carboxylic acids is 1. The summed E-state index contributed by atoms with van der Waals surface area (Å²) < 4.78 is 44.2. The molecule has 3 aromatic rings. The number of nitrogens with zero attached hydrogens (tertiary/aromatic N) is 1. The molecule has 29 heavy (non-hydrogen) atoms. The monoisotopic (exact) mass is 417 g/mol. The topological polar surface area (TPSA) is 85.6 Å². The maximum atomic E-state index is 13.9. The van der Waals surface area contributed by atoms with Gasteiger partial charge in [-0.2, -0.15) is 0 Å². The molecule has 1 heterocycles. The Hall–Kier alpha value is -2.97. The summed E-state index contributed by atoms with van der Waals surface area (Å²) in [6, 6.07) is 13.8. The number of methoxy groups -OCH3 is 1. The van der Waals surface area contributed by atoms with E-state index in [0.717, 1.165) is 6.26 Å². The highest BCUT2D eigenvalue weighted by Gasteiger charge is 2.26. The van der Waals surface area contributed by atoms with Crippen molar-refractivity contribution in [3.05, 3.63) is 71.7 Å². The van der Waals surface area contributed by atoms with E-state index >= 15 is 0 Å². The van der Waals surface area contributed by atoms with Gasteiger partial charge in [0, 0.05) is 30.3 Å². The molecule has 0 aliphatic rings. The molecular formula is C21H20FNO5S. The van der Waals surface area contributed by atoms with Crippen LogP contribution in [0.3, 0.4) is 0 Å². The first-order valence-electron chi connectivity index (χ1n) is 8.67. The quantitative estimate of drug-likeness (QED) is 0.660. The summed E-state index contributed by atoms with van der Waals surface area (Å²) in [6.07, 6.45) is -0.0747. The van der Waals surface area contributed by atoms with Crippen LogP contribution in [0.1, 0.15) is 17.4 Å². The Balaban J connectivity index is 2.26. The zero-order valence-electron chi connectivity index (χ0n) is 16.1. The molecule has 2 aromatic carbocycles. The molecule has 1 atom stereocenters. The Morgan fingerprint density at radius 3 is 2.31 bits per heavy atom.